The lowest BCUT2D eigenvalue weighted by atomic mass is 10.2. The predicted molar refractivity (Wildman–Crippen MR) is 94.6 cm³/mol. The summed E-state index contributed by atoms with van der Waals surface area (Å²) in [6.07, 6.45) is -4.40. The van der Waals surface area contributed by atoms with Crippen LogP contribution in [0.2, 0.25) is 5.02 Å². The minimum absolute atomic E-state index is 0.0471. The van der Waals surface area contributed by atoms with Crippen LogP contribution in [0.4, 0.5) is 23.8 Å². The number of nitrogens with zero attached hydrogens (tertiary/aromatic N) is 1. The van der Waals surface area contributed by atoms with Crippen LogP contribution in [-0.4, -0.2) is 42.2 Å². The number of carbonyl (C=O) groups excluding carboxylic acids is 2. The zero-order valence-electron chi connectivity index (χ0n) is 15.2. The second-order valence-corrected chi connectivity index (χ2v) is 6.91. The van der Waals surface area contributed by atoms with E-state index in [2.05, 4.69) is 20.9 Å². The first-order valence-corrected chi connectivity index (χ1v) is 8.46. The number of nitrogens with one attached hydrogen (secondary N) is 3. The fraction of sp³-hybridized carbons (Fsp3) is 0.562. The average molecular weight is 411 g/mol. The maximum atomic E-state index is 12.5. The summed E-state index contributed by atoms with van der Waals surface area (Å²) in [7, 11) is 0. The highest BCUT2D eigenvalue weighted by atomic mass is 35.5. The van der Waals surface area contributed by atoms with Crippen molar-refractivity contribution in [1.29, 1.82) is 0 Å². The number of aromatic nitrogens is 1. The van der Waals surface area contributed by atoms with Crippen molar-refractivity contribution in [1.82, 2.24) is 15.6 Å². The fourth-order valence-electron chi connectivity index (χ4n) is 1.79. The molecule has 0 spiro atoms. The van der Waals surface area contributed by atoms with Crippen molar-refractivity contribution in [2.75, 3.05) is 25.0 Å². The van der Waals surface area contributed by atoms with Crippen LogP contribution in [-0.2, 0) is 15.7 Å². The molecule has 0 atom stereocenters. The van der Waals surface area contributed by atoms with Gasteiger partial charge in [-0.05, 0) is 26.8 Å². The first kappa shape index (κ1) is 22.8. The largest absolute Gasteiger partial charge is 0.444 e. The van der Waals surface area contributed by atoms with Gasteiger partial charge in [0.05, 0.1) is 10.6 Å². The van der Waals surface area contributed by atoms with Crippen molar-refractivity contribution in [2.45, 2.75) is 39.0 Å². The molecule has 27 heavy (non-hydrogen) atoms. The standard InChI is InChI=1S/C16H22ClF3N4O3/c1-15(2,3)27-14(26)23-7-6-21-12(25)4-5-22-13-11(17)8-10(9-24-13)16(18,19)20/h8-9H,4-7H2,1-3H3,(H,21,25)(H,22,24)(H,23,26). The highest BCUT2D eigenvalue weighted by Gasteiger charge is 2.31. The van der Waals surface area contributed by atoms with Crippen LogP contribution in [0.3, 0.4) is 0 Å². The van der Waals surface area contributed by atoms with Crippen molar-refractivity contribution in [3.8, 4) is 0 Å². The lowest BCUT2D eigenvalue weighted by Gasteiger charge is -2.19. The third-order valence-corrected chi connectivity index (χ3v) is 3.22. The lowest BCUT2D eigenvalue weighted by Crippen LogP contribution is -2.38. The molecule has 0 saturated carbocycles. The Kier molecular flexibility index (Phi) is 8.14. The van der Waals surface area contributed by atoms with Crippen molar-refractivity contribution in [3.63, 3.8) is 0 Å². The maximum Gasteiger partial charge on any atom is 0.417 e. The molecule has 1 aromatic heterocycles. The van der Waals surface area contributed by atoms with E-state index < -0.39 is 23.4 Å². The highest BCUT2D eigenvalue weighted by Crippen LogP contribution is 2.32. The number of hydrogen-bond acceptors (Lipinski definition) is 5. The molecule has 0 aliphatic heterocycles. The topological polar surface area (TPSA) is 92.4 Å². The molecule has 0 radical (unpaired) electrons. The summed E-state index contributed by atoms with van der Waals surface area (Å²) >= 11 is 5.75. The molecule has 1 heterocycles. The Morgan fingerprint density at radius 3 is 2.33 bits per heavy atom. The second kappa shape index (κ2) is 9.63. The average Bonchev–Trinajstić information content (AvgIpc) is 2.50. The molecule has 0 bridgehead atoms. The van der Waals surface area contributed by atoms with Gasteiger partial charge >= 0.3 is 12.3 Å². The Labute approximate surface area is 160 Å². The molecule has 0 aliphatic carbocycles. The van der Waals surface area contributed by atoms with Gasteiger partial charge in [0.1, 0.15) is 11.4 Å². The SMILES string of the molecule is CC(C)(C)OC(=O)NCCNC(=O)CCNc1ncc(C(F)(F)F)cc1Cl. The van der Waals surface area contributed by atoms with Gasteiger partial charge in [-0.2, -0.15) is 13.2 Å². The van der Waals surface area contributed by atoms with E-state index in [-0.39, 0.29) is 42.8 Å². The van der Waals surface area contributed by atoms with Crippen molar-refractivity contribution >= 4 is 29.4 Å². The summed E-state index contributed by atoms with van der Waals surface area (Å²) in [6, 6.07) is 0.763. The van der Waals surface area contributed by atoms with Crippen LogP contribution in [0.25, 0.3) is 0 Å². The van der Waals surface area contributed by atoms with Gasteiger partial charge in [0.25, 0.3) is 0 Å². The molecule has 0 unspecified atom stereocenters. The van der Waals surface area contributed by atoms with Gasteiger partial charge < -0.3 is 20.7 Å². The Morgan fingerprint density at radius 1 is 1.15 bits per heavy atom. The van der Waals surface area contributed by atoms with Crippen molar-refractivity contribution in [2.24, 2.45) is 0 Å². The predicted octanol–water partition coefficient (Wildman–Crippen LogP) is 3.20. The molecule has 1 aromatic rings. The molecular weight excluding hydrogens is 389 g/mol. The first-order chi connectivity index (χ1) is 12.4. The molecule has 11 heteroatoms. The molecular formula is C16H22ClF3N4O3. The Balaban J connectivity index is 2.27. The first-order valence-electron chi connectivity index (χ1n) is 8.08. The summed E-state index contributed by atoms with van der Waals surface area (Å²) < 4.78 is 42.6. The Morgan fingerprint density at radius 2 is 1.78 bits per heavy atom. The molecule has 152 valence electrons. The zero-order chi connectivity index (χ0) is 20.7. The van der Waals surface area contributed by atoms with E-state index in [1.54, 1.807) is 20.8 Å². The van der Waals surface area contributed by atoms with Crippen molar-refractivity contribution in [3.05, 3.63) is 22.8 Å². The van der Waals surface area contributed by atoms with Crippen LogP contribution >= 0.6 is 11.6 Å². The summed E-state index contributed by atoms with van der Waals surface area (Å²) in [6.45, 7) is 5.73. The second-order valence-electron chi connectivity index (χ2n) is 6.51. The van der Waals surface area contributed by atoms with E-state index >= 15 is 0 Å². The van der Waals surface area contributed by atoms with Crippen LogP contribution in [0, 0.1) is 0 Å². The number of hydrogen-bond donors (Lipinski definition) is 3. The number of halogens is 4. The Bertz CT molecular complexity index is 663. The molecule has 0 fully saturated rings. The summed E-state index contributed by atoms with van der Waals surface area (Å²) in [5.74, 6) is -0.249. The number of carbonyl (C=O) groups is 2. The normalized spacial score (nSPS) is 11.7. The molecule has 2 amide bonds. The van der Waals surface area contributed by atoms with E-state index in [0.29, 0.717) is 6.20 Å². The smallest absolute Gasteiger partial charge is 0.417 e. The summed E-state index contributed by atoms with van der Waals surface area (Å²) in [5.41, 5.74) is -1.56. The third kappa shape index (κ3) is 9.32. The molecule has 0 aromatic carbocycles. The Hall–Kier alpha value is -2.23. The zero-order valence-corrected chi connectivity index (χ0v) is 15.9. The van der Waals surface area contributed by atoms with Gasteiger partial charge in [0.15, 0.2) is 0 Å². The molecule has 0 aliphatic rings. The number of rotatable bonds is 7. The van der Waals surface area contributed by atoms with Gasteiger partial charge in [0.2, 0.25) is 5.91 Å². The lowest BCUT2D eigenvalue weighted by molar-refractivity contribution is -0.137. The van der Waals surface area contributed by atoms with Crippen LogP contribution in [0.1, 0.15) is 32.8 Å². The van der Waals surface area contributed by atoms with E-state index in [0.717, 1.165) is 6.07 Å². The number of pyridine rings is 1. The van der Waals surface area contributed by atoms with Crippen LogP contribution in [0.15, 0.2) is 12.3 Å². The number of amides is 2. The summed E-state index contributed by atoms with van der Waals surface area (Å²) in [5, 5.41) is 7.58. The molecule has 7 nitrogen and oxygen atoms in total. The van der Waals surface area contributed by atoms with Gasteiger partial charge in [-0.15, -0.1) is 0 Å². The van der Waals surface area contributed by atoms with E-state index in [9.17, 15) is 22.8 Å². The van der Waals surface area contributed by atoms with E-state index in [4.69, 9.17) is 16.3 Å². The van der Waals surface area contributed by atoms with Gasteiger partial charge in [-0.1, -0.05) is 11.6 Å². The van der Waals surface area contributed by atoms with Gasteiger partial charge in [0, 0.05) is 32.3 Å². The maximum absolute atomic E-state index is 12.5. The number of anilines is 1. The van der Waals surface area contributed by atoms with Crippen LogP contribution in [0.5, 0.6) is 0 Å². The number of ether oxygens (including phenoxy) is 1. The molecule has 3 N–H and O–H groups in total. The fourth-order valence-corrected chi connectivity index (χ4v) is 2.02. The van der Waals surface area contributed by atoms with Gasteiger partial charge in [-0.3, -0.25) is 4.79 Å². The van der Waals surface area contributed by atoms with E-state index in [1.165, 1.54) is 0 Å². The molecule has 1 rings (SSSR count). The monoisotopic (exact) mass is 410 g/mol. The third-order valence-electron chi connectivity index (χ3n) is 2.93. The van der Waals surface area contributed by atoms with Gasteiger partial charge in [-0.25, -0.2) is 9.78 Å². The minimum Gasteiger partial charge on any atom is -0.444 e. The minimum atomic E-state index is -4.53. The highest BCUT2D eigenvalue weighted by molar-refractivity contribution is 6.32. The quantitative estimate of drug-likeness (QED) is 0.600. The van der Waals surface area contributed by atoms with E-state index in [1.807, 2.05) is 0 Å². The summed E-state index contributed by atoms with van der Waals surface area (Å²) in [4.78, 5) is 26.7. The molecule has 0 saturated heterocycles. The van der Waals surface area contributed by atoms with Crippen molar-refractivity contribution < 1.29 is 27.5 Å². The number of alkyl carbamates (subject to hydrolysis) is 1. The van der Waals surface area contributed by atoms with Crippen LogP contribution < -0.4 is 16.0 Å². The number of alkyl halides is 3.